The molecular weight excluding hydrogens is 232 g/mol. The molecule has 0 spiro atoms. The summed E-state index contributed by atoms with van der Waals surface area (Å²) in [4.78, 5) is 0. The maximum absolute atomic E-state index is 6.54. The first kappa shape index (κ1) is 13.9. The van der Waals surface area contributed by atoms with Crippen molar-refractivity contribution in [3.05, 3.63) is 0 Å². The molecule has 0 unspecified atom stereocenters. The first-order valence-corrected chi connectivity index (χ1v) is 8.25. The fraction of sp³-hybridized carbons (Fsp3) is 1.00. The summed E-state index contributed by atoms with van der Waals surface area (Å²) in [5.41, 5.74) is 0.990. The minimum atomic E-state index is 0.107. The quantitative estimate of drug-likeness (QED) is 0.605. The van der Waals surface area contributed by atoms with Crippen molar-refractivity contribution < 1.29 is 4.74 Å². The average Bonchev–Trinajstić information content (AvgIpc) is 2.65. The molecule has 0 aromatic heterocycles. The number of hydrogen-bond donors (Lipinski definition) is 0. The first-order valence-electron chi connectivity index (χ1n) is 8.25. The summed E-state index contributed by atoms with van der Waals surface area (Å²) in [6.45, 7) is 17.1. The SMILES string of the molecule is C[C@@H]1C(C)(C)[C@H]2[C@H]3OC(C)(C)C[C@@H]3CC[C@H]2C1(C)C. The van der Waals surface area contributed by atoms with Crippen molar-refractivity contribution in [2.75, 3.05) is 0 Å². The third-order valence-corrected chi connectivity index (χ3v) is 7.36. The molecule has 19 heavy (non-hydrogen) atoms. The number of ether oxygens (including phenoxy) is 1. The molecule has 1 aliphatic heterocycles. The predicted octanol–water partition coefficient (Wildman–Crippen LogP) is 4.90. The molecule has 1 heteroatoms. The molecule has 5 atom stereocenters. The van der Waals surface area contributed by atoms with Crippen LogP contribution >= 0.6 is 0 Å². The van der Waals surface area contributed by atoms with Gasteiger partial charge in [0, 0.05) is 0 Å². The van der Waals surface area contributed by atoms with E-state index in [0.717, 1.165) is 23.7 Å². The molecule has 1 nitrogen and oxygen atoms in total. The van der Waals surface area contributed by atoms with Crippen molar-refractivity contribution in [3.63, 3.8) is 0 Å². The van der Waals surface area contributed by atoms with E-state index in [9.17, 15) is 0 Å². The van der Waals surface area contributed by atoms with E-state index >= 15 is 0 Å². The summed E-state index contributed by atoms with van der Waals surface area (Å²) < 4.78 is 6.54. The van der Waals surface area contributed by atoms with E-state index in [1.807, 2.05) is 0 Å². The van der Waals surface area contributed by atoms with Gasteiger partial charge < -0.3 is 4.74 Å². The maximum atomic E-state index is 6.54. The van der Waals surface area contributed by atoms with Gasteiger partial charge in [0.2, 0.25) is 0 Å². The third kappa shape index (κ3) is 1.76. The molecule has 3 fully saturated rings. The zero-order valence-electron chi connectivity index (χ0n) is 13.9. The molecule has 2 saturated carbocycles. The second-order valence-electron chi connectivity index (χ2n) is 9.38. The van der Waals surface area contributed by atoms with Crippen molar-refractivity contribution in [3.8, 4) is 0 Å². The van der Waals surface area contributed by atoms with Crippen LogP contribution in [0, 0.1) is 34.5 Å². The van der Waals surface area contributed by atoms with Crippen LogP contribution in [0.5, 0.6) is 0 Å². The molecular formula is C18H32O. The molecule has 3 rings (SSSR count). The van der Waals surface area contributed by atoms with E-state index in [0.29, 0.717) is 16.9 Å². The van der Waals surface area contributed by atoms with Gasteiger partial charge in [-0.05, 0) is 67.6 Å². The van der Waals surface area contributed by atoms with Gasteiger partial charge >= 0.3 is 0 Å². The largest absolute Gasteiger partial charge is 0.372 e. The van der Waals surface area contributed by atoms with Crippen LogP contribution in [0.25, 0.3) is 0 Å². The highest BCUT2D eigenvalue weighted by atomic mass is 16.5. The van der Waals surface area contributed by atoms with Gasteiger partial charge in [0.1, 0.15) is 0 Å². The second-order valence-corrected chi connectivity index (χ2v) is 9.38. The molecule has 1 saturated heterocycles. The van der Waals surface area contributed by atoms with Gasteiger partial charge in [0.15, 0.2) is 0 Å². The Hall–Kier alpha value is -0.0400. The molecule has 0 aromatic rings. The first-order chi connectivity index (χ1) is 8.57. The van der Waals surface area contributed by atoms with Crippen LogP contribution in [0.1, 0.15) is 67.7 Å². The van der Waals surface area contributed by atoms with E-state index < -0.39 is 0 Å². The lowest BCUT2D eigenvalue weighted by Gasteiger charge is -2.43. The van der Waals surface area contributed by atoms with Crippen molar-refractivity contribution in [1.29, 1.82) is 0 Å². The van der Waals surface area contributed by atoms with Crippen molar-refractivity contribution in [2.24, 2.45) is 34.5 Å². The van der Waals surface area contributed by atoms with Crippen molar-refractivity contribution >= 4 is 0 Å². The fourth-order valence-corrected chi connectivity index (χ4v) is 6.04. The van der Waals surface area contributed by atoms with Gasteiger partial charge in [0.25, 0.3) is 0 Å². The summed E-state index contributed by atoms with van der Waals surface area (Å²) in [5.74, 6) is 3.21. The summed E-state index contributed by atoms with van der Waals surface area (Å²) in [6, 6.07) is 0. The smallest absolute Gasteiger partial charge is 0.0647 e. The van der Waals surface area contributed by atoms with E-state index in [-0.39, 0.29) is 5.60 Å². The third-order valence-electron chi connectivity index (χ3n) is 7.36. The van der Waals surface area contributed by atoms with E-state index in [2.05, 4.69) is 48.5 Å². The Morgan fingerprint density at radius 1 is 0.895 bits per heavy atom. The van der Waals surface area contributed by atoms with Gasteiger partial charge in [-0.1, -0.05) is 34.6 Å². The topological polar surface area (TPSA) is 9.23 Å². The highest BCUT2D eigenvalue weighted by Gasteiger charge is 2.64. The number of rotatable bonds is 0. The van der Waals surface area contributed by atoms with Gasteiger partial charge in [0.05, 0.1) is 11.7 Å². The Bertz CT molecular complexity index is 379. The maximum Gasteiger partial charge on any atom is 0.0647 e. The van der Waals surface area contributed by atoms with Gasteiger partial charge in [-0.2, -0.15) is 0 Å². The zero-order chi connectivity index (χ0) is 14.2. The highest BCUT2D eigenvalue weighted by Crippen LogP contribution is 2.67. The van der Waals surface area contributed by atoms with Crippen LogP contribution in [-0.2, 0) is 4.74 Å². The Morgan fingerprint density at radius 2 is 1.53 bits per heavy atom. The fourth-order valence-electron chi connectivity index (χ4n) is 6.04. The molecule has 1 heterocycles. The van der Waals surface area contributed by atoms with Gasteiger partial charge in [-0.25, -0.2) is 0 Å². The van der Waals surface area contributed by atoms with Crippen molar-refractivity contribution in [1.82, 2.24) is 0 Å². The normalized spacial score (nSPS) is 49.7. The second kappa shape index (κ2) is 3.78. The van der Waals surface area contributed by atoms with Crippen LogP contribution in [-0.4, -0.2) is 11.7 Å². The van der Waals surface area contributed by atoms with Crippen LogP contribution < -0.4 is 0 Å². The molecule has 0 N–H and O–H groups in total. The van der Waals surface area contributed by atoms with Gasteiger partial charge in [-0.3, -0.25) is 0 Å². The minimum absolute atomic E-state index is 0.107. The lowest BCUT2D eigenvalue weighted by Crippen LogP contribution is -2.42. The lowest BCUT2D eigenvalue weighted by molar-refractivity contribution is -0.0952. The Morgan fingerprint density at radius 3 is 2.16 bits per heavy atom. The van der Waals surface area contributed by atoms with Crippen LogP contribution in [0.15, 0.2) is 0 Å². The van der Waals surface area contributed by atoms with Gasteiger partial charge in [-0.15, -0.1) is 0 Å². The number of fused-ring (bicyclic) bond motifs is 3. The van der Waals surface area contributed by atoms with E-state index in [4.69, 9.17) is 4.74 Å². The highest BCUT2D eigenvalue weighted by molar-refractivity contribution is 5.12. The molecule has 0 aromatic carbocycles. The molecule has 0 bridgehead atoms. The van der Waals surface area contributed by atoms with E-state index in [1.54, 1.807) is 0 Å². The molecule has 0 amide bonds. The van der Waals surface area contributed by atoms with Crippen LogP contribution in [0.4, 0.5) is 0 Å². The monoisotopic (exact) mass is 264 g/mol. The summed E-state index contributed by atoms with van der Waals surface area (Å²) in [5, 5.41) is 0. The summed E-state index contributed by atoms with van der Waals surface area (Å²) >= 11 is 0. The van der Waals surface area contributed by atoms with E-state index in [1.165, 1.54) is 19.3 Å². The predicted molar refractivity (Wildman–Crippen MR) is 80.0 cm³/mol. The zero-order valence-corrected chi connectivity index (χ0v) is 13.9. The Balaban J connectivity index is 1.99. The summed E-state index contributed by atoms with van der Waals surface area (Å²) in [6.07, 6.45) is 4.60. The minimum Gasteiger partial charge on any atom is -0.372 e. The summed E-state index contributed by atoms with van der Waals surface area (Å²) in [7, 11) is 0. The Labute approximate surface area is 119 Å². The van der Waals surface area contributed by atoms with Crippen molar-refractivity contribution in [2.45, 2.75) is 79.4 Å². The molecule has 0 radical (unpaired) electrons. The molecule has 110 valence electrons. The lowest BCUT2D eigenvalue weighted by atomic mass is 9.64. The van der Waals surface area contributed by atoms with Crippen LogP contribution in [0.3, 0.4) is 0 Å². The standard InChI is InChI=1S/C18H32O/c1-11-17(4,5)13-9-8-12-10-16(2,3)19-15(12)14(13)18(11,6)7/h11-15H,8-10H2,1-7H3/t11-,12-,13+,14+,15-/m0/s1. The van der Waals surface area contributed by atoms with Crippen LogP contribution in [0.2, 0.25) is 0 Å². The Kier molecular flexibility index (Phi) is 2.77. The molecule has 3 aliphatic rings. The number of hydrogen-bond acceptors (Lipinski definition) is 1. The average molecular weight is 264 g/mol. The molecule has 2 aliphatic carbocycles.